The molecule has 2 heterocycles. The van der Waals surface area contributed by atoms with Crippen molar-refractivity contribution in [2.45, 2.75) is 46.1 Å². The van der Waals surface area contributed by atoms with Crippen LogP contribution in [-0.4, -0.2) is 33.4 Å². The average molecular weight is 393 g/mol. The highest BCUT2D eigenvalue weighted by Crippen LogP contribution is 2.36. The Balaban J connectivity index is 1.73. The van der Waals surface area contributed by atoms with E-state index < -0.39 is 5.54 Å². The maximum Gasteiger partial charge on any atom is 0.181 e. The largest absolute Gasteiger partial charge is 0.486 e. The number of hydrogen-bond acceptors (Lipinski definition) is 6. The van der Waals surface area contributed by atoms with Crippen LogP contribution < -0.4 is 14.8 Å². The Morgan fingerprint density at radius 2 is 1.90 bits per heavy atom. The highest BCUT2D eigenvalue weighted by Gasteiger charge is 2.32. The Morgan fingerprint density at radius 3 is 2.66 bits per heavy atom. The summed E-state index contributed by atoms with van der Waals surface area (Å²) in [4.78, 5) is 0. The van der Waals surface area contributed by atoms with Crippen molar-refractivity contribution < 1.29 is 9.47 Å². The van der Waals surface area contributed by atoms with Crippen LogP contribution >= 0.6 is 0 Å². The molecule has 7 heteroatoms. The second kappa shape index (κ2) is 7.73. The summed E-state index contributed by atoms with van der Waals surface area (Å²) in [6, 6.07) is 12.2. The van der Waals surface area contributed by atoms with Gasteiger partial charge in [0, 0.05) is 11.8 Å². The van der Waals surface area contributed by atoms with Gasteiger partial charge in [-0.1, -0.05) is 32.0 Å². The van der Waals surface area contributed by atoms with Crippen molar-refractivity contribution in [3.8, 4) is 17.2 Å². The van der Waals surface area contributed by atoms with E-state index in [1.165, 1.54) is 5.56 Å². The van der Waals surface area contributed by atoms with E-state index in [0.29, 0.717) is 13.2 Å². The van der Waals surface area contributed by atoms with E-state index in [0.717, 1.165) is 47.1 Å². The number of benzene rings is 2. The highest BCUT2D eigenvalue weighted by atomic mass is 16.6. The van der Waals surface area contributed by atoms with Crippen molar-refractivity contribution in [3.63, 3.8) is 0 Å². The van der Waals surface area contributed by atoms with Crippen LogP contribution in [0.2, 0.25) is 0 Å². The summed E-state index contributed by atoms with van der Waals surface area (Å²) in [6.45, 7) is 9.63. The molecule has 0 saturated carbocycles. The fourth-order valence-electron chi connectivity index (χ4n) is 3.73. The predicted octanol–water partition coefficient (Wildman–Crippen LogP) is 4.04. The lowest BCUT2D eigenvalue weighted by Gasteiger charge is -2.30. The van der Waals surface area contributed by atoms with E-state index in [4.69, 9.17) is 9.47 Å². The number of nitrogens with one attached hydrogen (secondary N) is 1. The number of hydrogen-bond donors (Lipinski definition) is 1. The van der Waals surface area contributed by atoms with Gasteiger partial charge in [0.15, 0.2) is 17.3 Å². The van der Waals surface area contributed by atoms with Gasteiger partial charge in [-0.05, 0) is 60.4 Å². The van der Waals surface area contributed by atoms with E-state index in [1.54, 1.807) is 0 Å². The van der Waals surface area contributed by atoms with Crippen LogP contribution in [0.1, 0.15) is 44.1 Å². The molecular weight excluding hydrogens is 366 g/mol. The first-order valence-corrected chi connectivity index (χ1v) is 10.1. The molecule has 0 aliphatic carbocycles. The van der Waals surface area contributed by atoms with Crippen molar-refractivity contribution >= 4 is 5.69 Å². The summed E-state index contributed by atoms with van der Waals surface area (Å²) in [6.07, 6.45) is 1.71. The summed E-state index contributed by atoms with van der Waals surface area (Å²) in [5, 5.41) is 16.4. The molecule has 1 aliphatic heterocycles. The topological polar surface area (TPSA) is 74.1 Å². The Bertz CT molecular complexity index is 1020. The molecule has 0 bridgehead atoms. The molecule has 7 nitrogen and oxygen atoms in total. The number of nitrogens with zero attached hydrogens (tertiary/aromatic N) is 4. The molecule has 1 aliphatic rings. The third-order valence-corrected chi connectivity index (χ3v) is 5.55. The number of rotatable bonds is 6. The zero-order chi connectivity index (χ0) is 20.4. The fourth-order valence-corrected chi connectivity index (χ4v) is 3.73. The second-order valence-electron chi connectivity index (χ2n) is 7.52. The molecule has 2 aromatic carbocycles. The van der Waals surface area contributed by atoms with Gasteiger partial charge in [0.1, 0.15) is 13.2 Å². The Hall–Kier alpha value is -3.09. The lowest BCUT2D eigenvalue weighted by atomic mass is 9.96. The third kappa shape index (κ3) is 3.52. The number of aromatic nitrogens is 4. The van der Waals surface area contributed by atoms with Crippen LogP contribution in [-0.2, 0) is 12.0 Å². The third-order valence-electron chi connectivity index (χ3n) is 5.55. The molecule has 0 fully saturated rings. The minimum atomic E-state index is -0.472. The molecule has 0 spiro atoms. The van der Waals surface area contributed by atoms with Gasteiger partial charge in [0.05, 0.1) is 11.2 Å². The first-order valence-electron chi connectivity index (χ1n) is 10.1. The first-order chi connectivity index (χ1) is 14.1. The fraction of sp³-hybridized carbons (Fsp3) is 0.409. The van der Waals surface area contributed by atoms with Gasteiger partial charge in [-0.15, -0.1) is 5.10 Å². The number of tetrazole rings is 1. The van der Waals surface area contributed by atoms with E-state index in [1.807, 2.05) is 22.9 Å². The lowest BCUT2D eigenvalue weighted by Crippen LogP contribution is -2.35. The zero-order valence-electron chi connectivity index (χ0n) is 17.4. The van der Waals surface area contributed by atoms with Crippen LogP contribution in [0.3, 0.4) is 0 Å². The second-order valence-corrected chi connectivity index (χ2v) is 7.52. The Kier molecular flexibility index (Phi) is 5.13. The summed E-state index contributed by atoms with van der Waals surface area (Å²) >= 11 is 0. The molecule has 1 aromatic heterocycles. The van der Waals surface area contributed by atoms with Gasteiger partial charge in [-0.2, -0.15) is 4.68 Å². The van der Waals surface area contributed by atoms with Gasteiger partial charge in [-0.25, -0.2) is 0 Å². The quantitative estimate of drug-likeness (QED) is 0.681. The van der Waals surface area contributed by atoms with Crippen LogP contribution in [0.5, 0.6) is 11.5 Å². The summed E-state index contributed by atoms with van der Waals surface area (Å²) in [7, 11) is 0. The van der Waals surface area contributed by atoms with Gasteiger partial charge in [0.25, 0.3) is 0 Å². The molecule has 152 valence electrons. The number of para-hydroxylation sites is 1. The van der Waals surface area contributed by atoms with Gasteiger partial charge in [-0.3, -0.25) is 0 Å². The van der Waals surface area contributed by atoms with E-state index in [-0.39, 0.29) is 0 Å². The average Bonchev–Trinajstić information content (AvgIpc) is 3.23. The molecule has 1 N–H and O–H groups in total. The number of fused-ring (bicyclic) bond motifs is 1. The molecule has 4 rings (SSSR count). The van der Waals surface area contributed by atoms with Crippen molar-refractivity contribution in [1.29, 1.82) is 0 Å². The van der Waals surface area contributed by atoms with Crippen molar-refractivity contribution in [1.82, 2.24) is 20.2 Å². The maximum atomic E-state index is 5.73. The molecule has 0 unspecified atom stereocenters. The normalized spacial score (nSPS) is 15.0. The van der Waals surface area contributed by atoms with Crippen molar-refractivity contribution in [2.75, 3.05) is 18.5 Å². The van der Waals surface area contributed by atoms with Gasteiger partial charge in [0.2, 0.25) is 0 Å². The minimum Gasteiger partial charge on any atom is -0.486 e. The van der Waals surface area contributed by atoms with E-state index >= 15 is 0 Å². The van der Waals surface area contributed by atoms with Gasteiger partial charge < -0.3 is 14.8 Å². The van der Waals surface area contributed by atoms with E-state index in [2.05, 4.69) is 66.7 Å². The molecule has 0 radical (unpaired) electrons. The molecule has 3 aromatic rings. The smallest absolute Gasteiger partial charge is 0.181 e. The van der Waals surface area contributed by atoms with Gasteiger partial charge >= 0.3 is 0 Å². The van der Waals surface area contributed by atoms with Crippen LogP contribution in [0.4, 0.5) is 5.69 Å². The number of anilines is 1. The van der Waals surface area contributed by atoms with Crippen LogP contribution in [0, 0.1) is 6.92 Å². The number of aryl methyl sites for hydroxylation is 2. The molecule has 0 saturated heterocycles. The SMILES string of the molecule is CCc1cccc(C)c1-n1nnnc1[C@](C)(CC)Nc1ccc2c(c1)OCCO2. The maximum absolute atomic E-state index is 5.73. The number of ether oxygens (including phenoxy) is 2. The molecule has 1 atom stereocenters. The van der Waals surface area contributed by atoms with Crippen molar-refractivity contribution in [3.05, 3.63) is 53.3 Å². The summed E-state index contributed by atoms with van der Waals surface area (Å²) in [5.74, 6) is 2.31. The van der Waals surface area contributed by atoms with Crippen LogP contribution in [0.15, 0.2) is 36.4 Å². The molecule has 29 heavy (non-hydrogen) atoms. The first kappa shape index (κ1) is 19.2. The van der Waals surface area contributed by atoms with Crippen LogP contribution in [0.25, 0.3) is 5.69 Å². The minimum absolute atomic E-state index is 0.472. The monoisotopic (exact) mass is 393 g/mol. The predicted molar refractivity (Wildman–Crippen MR) is 112 cm³/mol. The van der Waals surface area contributed by atoms with E-state index in [9.17, 15) is 0 Å². The summed E-state index contributed by atoms with van der Waals surface area (Å²) < 4.78 is 13.2. The highest BCUT2D eigenvalue weighted by molar-refractivity contribution is 5.57. The Labute approximate surface area is 171 Å². The zero-order valence-corrected chi connectivity index (χ0v) is 17.4. The van der Waals surface area contributed by atoms with Crippen molar-refractivity contribution in [2.24, 2.45) is 0 Å². The molecule has 0 amide bonds. The lowest BCUT2D eigenvalue weighted by molar-refractivity contribution is 0.171. The summed E-state index contributed by atoms with van der Waals surface area (Å²) in [5.41, 5.74) is 3.89. The standard InChI is InChI=1S/C22H27N5O2/c1-5-16-9-7-8-15(3)20(16)27-21(24-25-26-27)22(4,6-2)23-17-10-11-18-19(14-17)29-13-12-28-18/h7-11,14,23H,5-6,12-13H2,1-4H3/t22-/m0/s1. The Morgan fingerprint density at radius 1 is 1.10 bits per heavy atom. The molecular formula is C22H27N5O2.